The zero-order chi connectivity index (χ0) is 19.7. The van der Waals surface area contributed by atoms with E-state index in [1.54, 1.807) is 19.1 Å². The van der Waals surface area contributed by atoms with Crippen molar-refractivity contribution in [3.05, 3.63) is 69.9 Å². The molecular weight excluding hydrogens is 369 g/mol. The van der Waals surface area contributed by atoms with E-state index in [-0.39, 0.29) is 29.8 Å². The minimum absolute atomic E-state index is 0.0288. The fourth-order valence-corrected chi connectivity index (χ4v) is 2.49. The molecule has 2 heterocycles. The summed E-state index contributed by atoms with van der Waals surface area (Å²) < 4.78 is 18.9. The normalized spacial score (nSPS) is 10.9. The van der Waals surface area contributed by atoms with Gasteiger partial charge in [0.25, 0.3) is 5.69 Å². The SMILES string of the molecule is Cc1cc(-c2nnn(Cc3nnc(-c4ccc([N+](=O)[O-])cc4)o3)n2)ccc1F. The first-order valence-corrected chi connectivity index (χ1v) is 8.11. The van der Waals surface area contributed by atoms with Crippen LogP contribution in [0.5, 0.6) is 0 Å². The molecule has 0 fully saturated rings. The van der Waals surface area contributed by atoms with Gasteiger partial charge >= 0.3 is 0 Å². The lowest BCUT2D eigenvalue weighted by Gasteiger charge is -1.98. The molecule has 0 spiro atoms. The second kappa shape index (κ2) is 6.95. The predicted molar refractivity (Wildman–Crippen MR) is 93.4 cm³/mol. The van der Waals surface area contributed by atoms with Crippen LogP contribution in [0.2, 0.25) is 0 Å². The lowest BCUT2D eigenvalue weighted by atomic mass is 10.1. The number of halogens is 1. The third-order valence-corrected chi connectivity index (χ3v) is 3.94. The zero-order valence-electron chi connectivity index (χ0n) is 14.5. The Morgan fingerprint density at radius 1 is 1.11 bits per heavy atom. The summed E-state index contributed by atoms with van der Waals surface area (Å²) in [6.07, 6.45) is 0. The number of nitro benzene ring substituents is 1. The summed E-state index contributed by atoms with van der Waals surface area (Å²) in [4.78, 5) is 11.5. The number of non-ortho nitro benzene ring substituents is 1. The molecule has 4 rings (SSSR count). The third kappa shape index (κ3) is 3.45. The van der Waals surface area contributed by atoms with Crippen LogP contribution in [0.15, 0.2) is 46.9 Å². The second-order valence-electron chi connectivity index (χ2n) is 5.91. The summed E-state index contributed by atoms with van der Waals surface area (Å²) in [6, 6.07) is 10.3. The highest BCUT2D eigenvalue weighted by molar-refractivity contribution is 5.56. The van der Waals surface area contributed by atoms with E-state index in [0.717, 1.165) is 0 Å². The van der Waals surface area contributed by atoms with Crippen molar-refractivity contribution in [1.29, 1.82) is 0 Å². The molecule has 0 aliphatic heterocycles. The average Bonchev–Trinajstić information content (AvgIpc) is 3.34. The smallest absolute Gasteiger partial charge is 0.269 e. The van der Waals surface area contributed by atoms with Crippen LogP contribution in [-0.2, 0) is 6.54 Å². The van der Waals surface area contributed by atoms with Gasteiger partial charge in [-0.3, -0.25) is 10.1 Å². The Morgan fingerprint density at radius 2 is 1.86 bits per heavy atom. The molecule has 0 saturated carbocycles. The molecule has 10 nitrogen and oxygen atoms in total. The quantitative estimate of drug-likeness (QED) is 0.381. The van der Waals surface area contributed by atoms with Crippen molar-refractivity contribution in [3.63, 3.8) is 0 Å². The van der Waals surface area contributed by atoms with Crippen molar-refractivity contribution in [3.8, 4) is 22.8 Å². The molecule has 0 unspecified atom stereocenters. The van der Waals surface area contributed by atoms with Gasteiger partial charge in [-0.05, 0) is 48.0 Å². The van der Waals surface area contributed by atoms with Crippen LogP contribution >= 0.6 is 0 Å². The molecule has 11 heteroatoms. The molecule has 28 heavy (non-hydrogen) atoms. The van der Waals surface area contributed by atoms with E-state index in [0.29, 0.717) is 22.5 Å². The van der Waals surface area contributed by atoms with E-state index in [4.69, 9.17) is 4.42 Å². The van der Waals surface area contributed by atoms with E-state index in [1.165, 1.54) is 35.1 Å². The number of aromatic nitrogens is 6. The molecular formula is C17H12FN7O3. The van der Waals surface area contributed by atoms with Gasteiger partial charge < -0.3 is 4.42 Å². The topological polar surface area (TPSA) is 126 Å². The lowest BCUT2D eigenvalue weighted by Crippen LogP contribution is -2.04. The molecule has 2 aromatic carbocycles. The summed E-state index contributed by atoms with van der Waals surface area (Å²) >= 11 is 0. The summed E-state index contributed by atoms with van der Waals surface area (Å²) in [7, 11) is 0. The van der Waals surface area contributed by atoms with Crippen LogP contribution in [0.1, 0.15) is 11.5 Å². The molecule has 0 aliphatic rings. The third-order valence-electron chi connectivity index (χ3n) is 3.94. The predicted octanol–water partition coefficient (Wildman–Crippen LogP) is 2.79. The first-order chi connectivity index (χ1) is 13.5. The summed E-state index contributed by atoms with van der Waals surface area (Å²) in [5.74, 6) is 0.506. The molecule has 0 saturated heterocycles. The Morgan fingerprint density at radius 3 is 2.57 bits per heavy atom. The first-order valence-electron chi connectivity index (χ1n) is 8.11. The first kappa shape index (κ1) is 17.4. The number of nitrogens with zero attached hydrogens (tertiary/aromatic N) is 7. The van der Waals surface area contributed by atoms with Gasteiger partial charge in [0.2, 0.25) is 17.6 Å². The van der Waals surface area contributed by atoms with E-state index < -0.39 is 4.92 Å². The van der Waals surface area contributed by atoms with Gasteiger partial charge in [-0.2, -0.15) is 4.80 Å². The summed E-state index contributed by atoms with van der Waals surface area (Å²) in [6.45, 7) is 1.74. The monoisotopic (exact) mass is 381 g/mol. The second-order valence-corrected chi connectivity index (χ2v) is 5.91. The van der Waals surface area contributed by atoms with Crippen molar-refractivity contribution in [2.24, 2.45) is 0 Å². The Balaban J connectivity index is 1.50. The van der Waals surface area contributed by atoms with Gasteiger partial charge in [0, 0.05) is 23.3 Å². The minimum Gasteiger partial charge on any atom is -0.419 e. The van der Waals surface area contributed by atoms with Crippen molar-refractivity contribution in [1.82, 2.24) is 30.4 Å². The fourth-order valence-electron chi connectivity index (χ4n) is 2.49. The van der Waals surface area contributed by atoms with Crippen LogP contribution in [0.4, 0.5) is 10.1 Å². The van der Waals surface area contributed by atoms with E-state index in [9.17, 15) is 14.5 Å². The molecule has 0 atom stereocenters. The van der Waals surface area contributed by atoms with Gasteiger partial charge in [-0.1, -0.05) is 0 Å². The van der Waals surface area contributed by atoms with Gasteiger partial charge in [0.05, 0.1) is 4.92 Å². The number of hydrogen-bond donors (Lipinski definition) is 0. The van der Waals surface area contributed by atoms with Gasteiger partial charge in [-0.25, -0.2) is 4.39 Å². The molecule has 0 aliphatic carbocycles. The fraction of sp³-hybridized carbons (Fsp3) is 0.118. The maximum atomic E-state index is 13.4. The van der Waals surface area contributed by atoms with Crippen LogP contribution in [0.3, 0.4) is 0 Å². The molecule has 0 N–H and O–H groups in total. The molecule has 0 bridgehead atoms. The van der Waals surface area contributed by atoms with Crippen LogP contribution in [-0.4, -0.2) is 35.3 Å². The molecule has 0 amide bonds. The van der Waals surface area contributed by atoms with Gasteiger partial charge in [-0.15, -0.1) is 20.4 Å². The molecule has 4 aromatic rings. The van der Waals surface area contributed by atoms with E-state index in [1.807, 2.05) is 0 Å². The van der Waals surface area contributed by atoms with Gasteiger partial charge in [0.1, 0.15) is 12.4 Å². The molecule has 140 valence electrons. The van der Waals surface area contributed by atoms with Crippen molar-refractivity contribution < 1.29 is 13.7 Å². The van der Waals surface area contributed by atoms with Crippen molar-refractivity contribution in [2.75, 3.05) is 0 Å². The van der Waals surface area contributed by atoms with E-state index >= 15 is 0 Å². The Labute approximate surface area is 156 Å². The van der Waals surface area contributed by atoms with Crippen LogP contribution in [0, 0.1) is 22.9 Å². The average molecular weight is 381 g/mol. The van der Waals surface area contributed by atoms with Gasteiger partial charge in [0.15, 0.2) is 0 Å². The highest BCUT2D eigenvalue weighted by Crippen LogP contribution is 2.22. The minimum atomic E-state index is -0.487. The highest BCUT2D eigenvalue weighted by Gasteiger charge is 2.14. The molecule has 2 aromatic heterocycles. The number of hydrogen-bond acceptors (Lipinski definition) is 8. The van der Waals surface area contributed by atoms with Crippen molar-refractivity contribution in [2.45, 2.75) is 13.5 Å². The van der Waals surface area contributed by atoms with Crippen LogP contribution in [0.25, 0.3) is 22.8 Å². The Hall–Kier alpha value is -4.02. The number of nitro groups is 1. The standard InChI is InChI=1S/C17H12FN7O3/c1-10-8-12(4-7-14(10)18)16-20-23-24(22-16)9-15-19-21-17(28-15)11-2-5-13(6-3-11)25(26)27/h2-8H,9H2,1H3. The Kier molecular flexibility index (Phi) is 4.32. The number of benzene rings is 2. The number of rotatable bonds is 5. The largest absolute Gasteiger partial charge is 0.419 e. The molecule has 0 radical (unpaired) electrons. The van der Waals surface area contributed by atoms with Crippen LogP contribution < -0.4 is 0 Å². The van der Waals surface area contributed by atoms with Crippen molar-refractivity contribution >= 4 is 5.69 Å². The Bertz CT molecular complexity index is 1150. The summed E-state index contributed by atoms with van der Waals surface area (Å²) in [5, 5.41) is 30.7. The summed E-state index contributed by atoms with van der Waals surface area (Å²) in [5.41, 5.74) is 1.65. The zero-order valence-corrected chi connectivity index (χ0v) is 14.5. The maximum Gasteiger partial charge on any atom is 0.269 e. The van der Waals surface area contributed by atoms with E-state index in [2.05, 4.69) is 25.6 Å². The highest BCUT2D eigenvalue weighted by atomic mass is 19.1. The number of aryl methyl sites for hydroxylation is 1. The lowest BCUT2D eigenvalue weighted by molar-refractivity contribution is -0.384. The number of tetrazole rings is 1. The maximum absolute atomic E-state index is 13.4.